The Kier molecular flexibility index (Phi) is 3.21. The first-order valence-corrected chi connectivity index (χ1v) is 4.79. The van der Waals surface area contributed by atoms with Crippen molar-refractivity contribution in [2.45, 2.75) is 0 Å². The summed E-state index contributed by atoms with van der Waals surface area (Å²) in [5.41, 5.74) is 0. The number of aliphatic hydroxyl groups excluding tert-OH is 1. The Labute approximate surface area is 72.3 Å². The molecule has 0 unspecified atom stereocenters. The van der Waals surface area contributed by atoms with Gasteiger partial charge in [-0.1, -0.05) is 18.3 Å². The minimum atomic E-state index is 0.0926. The lowest BCUT2D eigenvalue weighted by atomic mass is 10.5. The van der Waals surface area contributed by atoms with Crippen LogP contribution in [0, 0.1) is 3.14 Å². The molecule has 1 nitrogen and oxygen atoms in total. The topological polar surface area (TPSA) is 20.2 Å². The van der Waals surface area contributed by atoms with E-state index in [-0.39, 0.29) is 6.61 Å². The van der Waals surface area contributed by atoms with Gasteiger partial charge in [-0.3, -0.25) is 0 Å². The average molecular weight is 190 g/mol. The molecule has 0 radical (unpaired) electrons. The predicted octanol–water partition coefficient (Wildman–Crippen LogP) is 2.54. The van der Waals surface area contributed by atoms with Crippen LogP contribution in [0.25, 0.3) is 6.08 Å². The highest BCUT2D eigenvalue weighted by atomic mass is 32.2. The first-order chi connectivity index (χ1) is 4.83. The maximum absolute atomic E-state index is 8.43. The van der Waals surface area contributed by atoms with Crippen LogP contribution in [0.15, 0.2) is 11.5 Å². The molecule has 1 aromatic rings. The van der Waals surface area contributed by atoms with Gasteiger partial charge in [-0.05, 0) is 6.08 Å². The average Bonchev–Trinajstić information content (AvgIpc) is 2.31. The van der Waals surface area contributed by atoms with Crippen LogP contribution in [0.1, 0.15) is 4.88 Å². The van der Waals surface area contributed by atoms with E-state index in [0.29, 0.717) is 0 Å². The number of aliphatic hydroxyl groups is 1. The first kappa shape index (κ1) is 8.07. The molecule has 4 heteroatoms. The molecule has 0 saturated carbocycles. The molecule has 0 aliphatic heterocycles. The summed E-state index contributed by atoms with van der Waals surface area (Å²) in [7, 11) is 0. The van der Waals surface area contributed by atoms with Crippen molar-refractivity contribution in [3.63, 3.8) is 0 Å². The van der Waals surface area contributed by atoms with Crippen molar-refractivity contribution in [1.82, 2.24) is 0 Å². The number of hydrogen-bond acceptors (Lipinski definition) is 4. The van der Waals surface area contributed by atoms with Gasteiger partial charge in [-0.2, -0.15) is 0 Å². The third-order valence-corrected chi connectivity index (χ3v) is 3.31. The quantitative estimate of drug-likeness (QED) is 0.723. The molecule has 10 heavy (non-hydrogen) atoms. The van der Waals surface area contributed by atoms with Gasteiger partial charge in [0.15, 0.2) is 0 Å². The van der Waals surface area contributed by atoms with Crippen LogP contribution in [0.5, 0.6) is 0 Å². The van der Waals surface area contributed by atoms with E-state index in [2.05, 4.69) is 0 Å². The zero-order valence-electron chi connectivity index (χ0n) is 5.11. The summed E-state index contributed by atoms with van der Waals surface area (Å²) >= 11 is 8.04. The largest absolute Gasteiger partial charge is 0.392 e. The molecule has 1 rings (SSSR count). The number of rotatable bonds is 2. The molecule has 0 aromatic carbocycles. The molecule has 1 heterocycles. The van der Waals surface area contributed by atoms with Crippen LogP contribution >= 0.6 is 34.9 Å². The van der Waals surface area contributed by atoms with Gasteiger partial charge in [0.05, 0.1) is 6.61 Å². The smallest absolute Gasteiger partial charge is 0.144 e. The van der Waals surface area contributed by atoms with E-state index in [1.54, 1.807) is 28.7 Å². The Morgan fingerprint density at radius 1 is 1.70 bits per heavy atom. The highest BCUT2D eigenvalue weighted by Gasteiger charge is 1.87. The van der Waals surface area contributed by atoms with Crippen LogP contribution in [-0.4, -0.2) is 11.7 Å². The lowest BCUT2D eigenvalue weighted by Gasteiger charge is -1.77. The third-order valence-electron chi connectivity index (χ3n) is 0.860. The minimum Gasteiger partial charge on any atom is -0.392 e. The predicted molar refractivity (Wildman–Crippen MR) is 49.1 cm³/mol. The van der Waals surface area contributed by atoms with Gasteiger partial charge in [-0.15, -0.1) is 22.7 Å². The van der Waals surface area contributed by atoms with Crippen molar-refractivity contribution in [2.24, 2.45) is 0 Å². The molecule has 0 saturated heterocycles. The Morgan fingerprint density at radius 3 is 3.00 bits per heavy atom. The van der Waals surface area contributed by atoms with Gasteiger partial charge in [0.2, 0.25) is 0 Å². The van der Waals surface area contributed by atoms with Gasteiger partial charge in [0.1, 0.15) is 3.14 Å². The van der Waals surface area contributed by atoms with Crippen molar-refractivity contribution < 1.29 is 5.11 Å². The molecule has 1 aromatic heterocycles. The molecule has 0 amide bonds. The van der Waals surface area contributed by atoms with E-state index in [0.717, 1.165) is 8.01 Å². The van der Waals surface area contributed by atoms with Crippen LogP contribution in [0.2, 0.25) is 0 Å². The molecule has 0 aliphatic rings. The lowest BCUT2D eigenvalue weighted by molar-refractivity contribution is 0.343. The SMILES string of the molecule is OC/C=C/c1csc(=S)s1. The minimum absolute atomic E-state index is 0.0926. The van der Waals surface area contributed by atoms with Crippen LogP contribution in [0.3, 0.4) is 0 Å². The fourth-order valence-electron chi connectivity index (χ4n) is 0.493. The van der Waals surface area contributed by atoms with Crippen molar-refractivity contribution in [3.8, 4) is 0 Å². The van der Waals surface area contributed by atoms with E-state index in [4.69, 9.17) is 17.3 Å². The van der Waals surface area contributed by atoms with Crippen molar-refractivity contribution >= 4 is 41.0 Å². The Hall–Kier alpha value is -0.0300. The van der Waals surface area contributed by atoms with E-state index in [1.165, 1.54) is 0 Å². The van der Waals surface area contributed by atoms with Crippen molar-refractivity contribution in [1.29, 1.82) is 0 Å². The summed E-state index contributed by atoms with van der Waals surface area (Å²) in [6.45, 7) is 0.0926. The van der Waals surface area contributed by atoms with Gasteiger partial charge < -0.3 is 5.11 Å². The molecule has 0 fully saturated rings. The van der Waals surface area contributed by atoms with Crippen molar-refractivity contribution in [3.05, 3.63) is 19.5 Å². The number of hydrogen-bond donors (Lipinski definition) is 1. The molecular weight excluding hydrogens is 184 g/mol. The second kappa shape index (κ2) is 3.98. The maximum atomic E-state index is 8.43. The molecule has 0 bridgehead atoms. The fourth-order valence-corrected chi connectivity index (χ4v) is 2.54. The summed E-state index contributed by atoms with van der Waals surface area (Å²) in [6, 6.07) is 0. The molecule has 54 valence electrons. The molecule has 0 spiro atoms. The molecular formula is C6H6OS3. The lowest BCUT2D eigenvalue weighted by Crippen LogP contribution is -1.67. The summed E-state index contributed by atoms with van der Waals surface area (Å²) < 4.78 is 0.928. The second-order valence-electron chi connectivity index (χ2n) is 1.58. The summed E-state index contributed by atoms with van der Waals surface area (Å²) in [4.78, 5) is 1.11. The van der Waals surface area contributed by atoms with E-state index >= 15 is 0 Å². The zero-order chi connectivity index (χ0) is 7.40. The summed E-state index contributed by atoms with van der Waals surface area (Å²) in [6.07, 6.45) is 3.57. The van der Waals surface area contributed by atoms with Gasteiger partial charge >= 0.3 is 0 Å². The Balaban J connectivity index is 2.76. The highest BCUT2D eigenvalue weighted by Crippen LogP contribution is 2.17. The van der Waals surface area contributed by atoms with Crippen molar-refractivity contribution in [2.75, 3.05) is 6.61 Å². The van der Waals surface area contributed by atoms with E-state index in [1.807, 2.05) is 11.5 Å². The van der Waals surface area contributed by atoms with Gasteiger partial charge in [0.25, 0.3) is 0 Å². The van der Waals surface area contributed by atoms with E-state index < -0.39 is 0 Å². The molecule has 1 N–H and O–H groups in total. The van der Waals surface area contributed by atoms with Crippen LogP contribution < -0.4 is 0 Å². The fraction of sp³-hybridized carbons (Fsp3) is 0.167. The highest BCUT2D eigenvalue weighted by molar-refractivity contribution is 7.76. The van der Waals surface area contributed by atoms with Gasteiger partial charge in [-0.25, -0.2) is 0 Å². The van der Waals surface area contributed by atoms with E-state index in [9.17, 15) is 0 Å². The summed E-state index contributed by atoms with van der Waals surface area (Å²) in [5.74, 6) is 0. The maximum Gasteiger partial charge on any atom is 0.144 e. The van der Waals surface area contributed by atoms with Gasteiger partial charge in [0, 0.05) is 10.3 Å². The van der Waals surface area contributed by atoms with Crippen LogP contribution in [0.4, 0.5) is 0 Å². The zero-order valence-corrected chi connectivity index (χ0v) is 7.56. The monoisotopic (exact) mass is 190 g/mol. The standard InChI is InChI=1S/C6H6OS3/c7-3-1-2-5-4-9-6(8)10-5/h1-2,4,7H,3H2/b2-1+. The normalized spacial score (nSPS) is 10.9. The van der Waals surface area contributed by atoms with Crippen LogP contribution in [-0.2, 0) is 0 Å². The Morgan fingerprint density at radius 2 is 2.50 bits per heavy atom. The second-order valence-corrected chi connectivity index (χ2v) is 4.72. The molecule has 0 aliphatic carbocycles. The Bertz CT molecular complexity index is 271. The first-order valence-electron chi connectivity index (χ1n) is 2.69. The summed E-state index contributed by atoms with van der Waals surface area (Å²) in [5, 5.41) is 10.4. The molecule has 0 atom stereocenters. The third kappa shape index (κ3) is 2.30.